The summed E-state index contributed by atoms with van der Waals surface area (Å²) in [5.41, 5.74) is 0. The zero-order chi connectivity index (χ0) is 10.8. The van der Waals surface area contributed by atoms with Crippen LogP contribution >= 0.6 is 0 Å². The number of rotatable bonds is 3. The molecule has 2 aromatic rings. The Morgan fingerprint density at radius 1 is 1.20 bits per heavy atom. The van der Waals surface area contributed by atoms with E-state index in [1.54, 1.807) is 7.05 Å². The lowest BCUT2D eigenvalue weighted by Gasteiger charge is -2.05. The highest BCUT2D eigenvalue weighted by atomic mass is 15.7. The third kappa shape index (κ3) is 1.74. The van der Waals surface area contributed by atoms with E-state index in [1.807, 2.05) is 6.92 Å². The smallest absolute Gasteiger partial charge is 0.237 e. The van der Waals surface area contributed by atoms with Crippen molar-refractivity contribution in [2.75, 3.05) is 5.01 Å². The highest BCUT2D eigenvalue weighted by Gasteiger charge is 2.15. The van der Waals surface area contributed by atoms with Gasteiger partial charge in [-0.25, -0.2) is 10.9 Å². The molecular formula is C5H10N10. The Bertz CT molecular complexity index is 442. The molecule has 0 saturated carbocycles. The predicted octanol–water partition coefficient (Wildman–Crippen LogP) is -1.77. The molecule has 80 valence electrons. The molecule has 10 nitrogen and oxygen atoms in total. The summed E-state index contributed by atoms with van der Waals surface area (Å²) in [5, 5.41) is 23.9. The minimum Gasteiger partial charge on any atom is -0.237 e. The Labute approximate surface area is 84.6 Å². The summed E-state index contributed by atoms with van der Waals surface area (Å²) in [6.07, 6.45) is 0. The number of aromatic nitrogens is 8. The van der Waals surface area contributed by atoms with Crippen molar-refractivity contribution in [2.45, 2.75) is 13.5 Å². The zero-order valence-electron chi connectivity index (χ0n) is 8.31. The van der Waals surface area contributed by atoms with Gasteiger partial charge in [-0.15, -0.1) is 10.2 Å². The maximum Gasteiger partial charge on any atom is 0.287 e. The second-order valence-corrected chi connectivity index (χ2v) is 2.73. The standard InChI is InChI=1S/C5H10N10/c1-3-14-10-5(8-12-14)15(6)4-7-11-13(2)9-4/h3,6H2,1-2H3. The van der Waals surface area contributed by atoms with Crippen LogP contribution in [0.2, 0.25) is 0 Å². The average Bonchev–Trinajstić information content (AvgIpc) is 2.84. The number of hydrogen-bond acceptors (Lipinski definition) is 8. The number of tetrazole rings is 2. The van der Waals surface area contributed by atoms with Gasteiger partial charge in [0, 0.05) is 0 Å². The van der Waals surface area contributed by atoms with Gasteiger partial charge in [-0.1, -0.05) is 10.2 Å². The molecule has 2 heterocycles. The highest BCUT2D eigenvalue weighted by molar-refractivity contribution is 5.41. The van der Waals surface area contributed by atoms with Crippen LogP contribution in [0.5, 0.6) is 0 Å². The van der Waals surface area contributed by atoms with Crippen LogP contribution in [0.15, 0.2) is 0 Å². The van der Waals surface area contributed by atoms with Crippen molar-refractivity contribution < 1.29 is 0 Å². The summed E-state index contributed by atoms with van der Waals surface area (Å²) in [7, 11) is 1.64. The fourth-order valence-corrected chi connectivity index (χ4v) is 0.925. The second-order valence-electron chi connectivity index (χ2n) is 2.73. The molecule has 0 radical (unpaired) electrons. The molecule has 2 aromatic heterocycles. The Morgan fingerprint density at radius 3 is 2.40 bits per heavy atom. The number of nitrogens with two attached hydrogens (primary N) is 1. The molecule has 0 spiro atoms. The summed E-state index contributed by atoms with van der Waals surface area (Å²) in [4.78, 5) is 2.70. The van der Waals surface area contributed by atoms with Crippen molar-refractivity contribution in [3.63, 3.8) is 0 Å². The number of hydrogen-bond donors (Lipinski definition) is 1. The van der Waals surface area contributed by atoms with Crippen LogP contribution < -0.4 is 10.9 Å². The normalized spacial score (nSPS) is 10.6. The van der Waals surface area contributed by atoms with Gasteiger partial charge in [-0.05, 0) is 17.4 Å². The van der Waals surface area contributed by atoms with E-state index >= 15 is 0 Å². The van der Waals surface area contributed by atoms with Crippen LogP contribution in [0, 0.1) is 0 Å². The maximum absolute atomic E-state index is 5.67. The minimum atomic E-state index is 0.216. The first kappa shape index (κ1) is 9.45. The van der Waals surface area contributed by atoms with E-state index in [4.69, 9.17) is 5.84 Å². The molecule has 0 saturated heterocycles. The van der Waals surface area contributed by atoms with Crippen molar-refractivity contribution in [3.05, 3.63) is 0 Å². The van der Waals surface area contributed by atoms with Crippen molar-refractivity contribution in [2.24, 2.45) is 12.9 Å². The van der Waals surface area contributed by atoms with Crippen LogP contribution in [0.1, 0.15) is 6.92 Å². The third-order valence-electron chi connectivity index (χ3n) is 1.65. The van der Waals surface area contributed by atoms with Gasteiger partial charge in [0.2, 0.25) is 0 Å². The third-order valence-corrected chi connectivity index (χ3v) is 1.65. The van der Waals surface area contributed by atoms with Crippen LogP contribution in [0.4, 0.5) is 11.9 Å². The molecule has 0 atom stereocenters. The number of anilines is 2. The molecule has 0 aliphatic carbocycles. The van der Waals surface area contributed by atoms with Gasteiger partial charge in [0.15, 0.2) is 0 Å². The monoisotopic (exact) mass is 210 g/mol. The molecule has 15 heavy (non-hydrogen) atoms. The first-order valence-electron chi connectivity index (χ1n) is 4.27. The summed E-state index contributed by atoms with van der Waals surface area (Å²) in [6.45, 7) is 2.52. The van der Waals surface area contributed by atoms with Crippen molar-refractivity contribution >= 4 is 11.9 Å². The lowest BCUT2D eigenvalue weighted by Crippen LogP contribution is -2.27. The van der Waals surface area contributed by atoms with Crippen molar-refractivity contribution in [3.8, 4) is 0 Å². The molecule has 10 heteroatoms. The molecule has 0 amide bonds. The fraction of sp³-hybridized carbons (Fsp3) is 0.600. The van der Waals surface area contributed by atoms with E-state index in [0.29, 0.717) is 6.54 Å². The molecule has 0 fully saturated rings. The Balaban J connectivity index is 2.23. The number of aryl methyl sites for hydroxylation is 2. The van der Waals surface area contributed by atoms with Gasteiger partial charge in [-0.3, -0.25) is 0 Å². The number of nitrogens with zero attached hydrogens (tertiary/aromatic N) is 9. The summed E-state index contributed by atoms with van der Waals surface area (Å²) >= 11 is 0. The summed E-state index contributed by atoms with van der Waals surface area (Å²) < 4.78 is 0. The molecule has 0 aliphatic heterocycles. The van der Waals surface area contributed by atoms with E-state index in [2.05, 4.69) is 30.8 Å². The fourth-order valence-electron chi connectivity index (χ4n) is 0.925. The van der Waals surface area contributed by atoms with Gasteiger partial charge in [0.25, 0.3) is 11.9 Å². The van der Waals surface area contributed by atoms with Crippen LogP contribution in [0.25, 0.3) is 0 Å². The van der Waals surface area contributed by atoms with Gasteiger partial charge in [0.05, 0.1) is 13.6 Å². The lowest BCUT2D eigenvalue weighted by molar-refractivity contribution is 0.552. The van der Waals surface area contributed by atoms with Crippen LogP contribution in [-0.4, -0.2) is 40.4 Å². The van der Waals surface area contributed by atoms with Crippen LogP contribution in [0.3, 0.4) is 0 Å². The summed E-state index contributed by atoms with van der Waals surface area (Å²) in [6, 6.07) is 0. The molecule has 2 rings (SSSR count). The van der Waals surface area contributed by atoms with E-state index in [0.717, 1.165) is 5.01 Å². The first-order chi connectivity index (χ1) is 7.20. The summed E-state index contributed by atoms with van der Waals surface area (Å²) in [5.74, 6) is 6.12. The molecule has 2 N–H and O–H groups in total. The molecule has 0 aromatic carbocycles. The average molecular weight is 210 g/mol. The first-order valence-corrected chi connectivity index (χ1v) is 4.27. The quantitative estimate of drug-likeness (QED) is 0.467. The lowest BCUT2D eigenvalue weighted by atomic mass is 10.8. The molecular weight excluding hydrogens is 200 g/mol. The highest BCUT2D eigenvalue weighted by Crippen LogP contribution is 2.09. The maximum atomic E-state index is 5.67. The zero-order valence-corrected chi connectivity index (χ0v) is 8.31. The Kier molecular flexibility index (Phi) is 2.25. The molecule has 0 aliphatic rings. The van der Waals surface area contributed by atoms with Crippen molar-refractivity contribution in [1.29, 1.82) is 0 Å². The van der Waals surface area contributed by atoms with E-state index in [-0.39, 0.29) is 11.9 Å². The topological polar surface area (TPSA) is 116 Å². The van der Waals surface area contributed by atoms with Crippen LogP contribution in [-0.2, 0) is 13.6 Å². The predicted molar refractivity (Wildman–Crippen MR) is 48.6 cm³/mol. The van der Waals surface area contributed by atoms with Gasteiger partial charge in [0.1, 0.15) is 0 Å². The van der Waals surface area contributed by atoms with E-state index in [9.17, 15) is 0 Å². The Hall–Kier alpha value is -2.10. The second kappa shape index (κ2) is 3.57. The van der Waals surface area contributed by atoms with E-state index in [1.165, 1.54) is 9.59 Å². The van der Waals surface area contributed by atoms with Gasteiger partial charge < -0.3 is 0 Å². The van der Waals surface area contributed by atoms with Gasteiger partial charge in [-0.2, -0.15) is 9.59 Å². The molecule has 0 unspecified atom stereocenters. The SMILES string of the molecule is CCn1nnc(N(N)c2nnn(C)n2)n1. The largest absolute Gasteiger partial charge is 0.287 e. The number of hydrazine groups is 1. The Morgan fingerprint density at radius 2 is 1.87 bits per heavy atom. The van der Waals surface area contributed by atoms with Gasteiger partial charge >= 0.3 is 0 Å². The minimum absolute atomic E-state index is 0.216. The molecule has 0 bridgehead atoms. The van der Waals surface area contributed by atoms with Crippen molar-refractivity contribution in [1.82, 2.24) is 40.4 Å². The van der Waals surface area contributed by atoms with E-state index < -0.39 is 0 Å².